The standard InChI is InChI=1S/C32H36ClN5O2/c1-20(2)19-40-29-7-5-6-22(4)30(29)38-31(23-9-12-26(13-10-23)35-32(34)39)27-18-37(15-14-28(27)36-38)17-24-16-25(33)11-8-21(24)3/h5-13,16,20H,14-15,17-19H2,1-4H3,(H3,34,35,39). The number of ether oxygens (including phenoxy) is 1. The van der Waals surface area contributed by atoms with Gasteiger partial charge >= 0.3 is 6.03 Å². The van der Waals surface area contributed by atoms with Crippen LogP contribution < -0.4 is 15.8 Å². The molecule has 0 aliphatic carbocycles. The van der Waals surface area contributed by atoms with Gasteiger partial charge in [-0.15, -0.1) is 0 Å². The molecule has 0 atom stereocenters. The maximum atomic E-state index is 11.4. The molecule has 0 bridgehead atoms. The van der Waals surface area contributed by atoms with E-state index < -0.39 is 6.03 Å². The van der Waals surface area contributed by atoms with Crippen LogP contribution in [0.5, 0.6) is 5.75 Å². The number of para-hydroxylation sites is 1. The molecule has 0 spiro atoms. The van der Waals surface area contributed by atoms with Gasteiger partial charge in [0.2, 0.25) is 0 Å². The first-order valence-electron chi connectivity index (χ1n) is 13.7. The smallest absolute Gasteiger partial charge is 0.316 e. The number of urea groups is 1. The zero-order chi connectivity index (χ0) is 28.4. The van der Waals surface area contributed by atoms with Crippen molar-refractivity contribution < 1.29 is 9.53 Å². The summed E-state index contributed by atoms with van der Waals surface area (Å²) in [5.41, 5.74) is 14.8. The maximum Gasteiger partial charge on any atom is 0.316 e. The molecule has 1 aliphatic rings. The number of primary amides is 1. The summed E-state index contributed by atoms with van der Waals surface area (Å²) < 4.78 is 8.35. The summed E-state index contributed by atoms with van der Waals surface area (Å²) in [6.07, 6.45) is 0.838. The van der Waals surface area contributed by atoms with Crippen LogP contribution >= 0.6 is 11.6 Å². The lowest BCUT2D eigenvalue weighted by Crippen LogP contribution is -2.30. The third kappa shape index (κ3) is 6.01. The van der Waals surface area contributed by atoms with E-state index in [1.54, 1.807) is 0 Å². The molecule has 2 heterocycles. The fraction of sp³-hybridized carbons (Fsp3) is 0.312. The highest BCUT2D eigenvalue weighted by atomic mass is 35.5. The number of nitrogens with one attached hydrogen (secondary N) is 1. The van der Waals surface area contributed by atoms with Gasteiger partial charge in [0.15, 0.2) is 0 Å². The van der Waals surface area contributed by atoms with Gasteiger partial charge in [-0.3, -0.25) is 4.90 Å². The number of rotatable bonds is 8. The minimum absolute atomic E-state index is 0.396. The maximum absolute atomic E-state index is 11.4. The largest absolute Gasteiger partial charge is 0.491 e. The Labute approximate surface area is 240 Å². The van der Waals surface area contributed by atoms with Crippen molar-refractivity contribution >= 4 is 23.3 Å². The Morgan fingerprint density at radius 3 is 2.60 bits per heavy atom. The summed E-state index contributed by atoms with van der Waals surface area (Å²) in [7, 11) is 0. The van der Waals surface area contributed by atoms with Gasteiger partial charge in [-0.2, -0.15) is 5.10 Å². The molecule has 2 amide bonds. The van der Waals surface area contributed by atoms with Gasteiger partial charge in [0, 0.05) is 47.9 Å². The molecule has 208 valence electrons. The first kappa shape index (κ1) is 27.7. The number of fused-ring (bicyclic) bond motifs is 1. The molecule has 0 fully saturated rings. The second-order valence-corrected chi connectivity index (χ2v) is 11.3. The summed E-state index contributed by atoms with van der Waals surface area (Å²) in [4.78, 5) is 13.8. The molecule has 7 nitrogen and oxygen atoms in total. The molecular weight excluding hydrogens is 522 g/mol. The molecular formula is C32H36ClN5O2. The molecule has 8 heteroatoms. The number of carbonyl (C=O) groups excluding carboxylic acids is 1. The molecule has 3 aromatic carbocycles. The molecule has 0 saturated heterocycles. The normalized spacial score (nSPS) is 13.3. The fourth-order valence-corrected chi connectivity index (χ4v) is 5.40. The lowest BCUT2D eigenvalue weighted by atomic mass is 9.99. The number of halogens is 1. The number of carbonyl (C=O) groups is 1. The van der Waals surface area contributed by atoms with Crippen LogP contribution in [0.1, 0.15) is 41.8 Å². The van der Waals surface area contributed by atoms with Gasteiger partial charge in [0.1, 0.15) is 11.4 Å². The molecule has 1 aromatic heterocycles. The second-order valence-electron chi connectivity index (χ2n) is 10.9. The first-order valence-corrected chi connectivity index (χ1v) is 14.0. The van der Waals surface area contributed by atoms with Gasteiger partial charge in [-0.05, 0) is 66.8 Å². The third-order valence-electron chi connectivity index (χ3n) is 7.23. The molecule has 1 aliphatic heterocycles. The van der Waals surface area contributed by atoms with Crippen LogP contribution in [-0.4, -0.2) is 33.9 Å². The Bertz CT molecular complexity index is 1530. The summed E-state index contributed by atoms with van der Waals surface area (Å²) in [6.45, 7) is 11.6. The van der Waals surface area contributed by atoms with Crippen molar-refractivity contribution in [2.45, 2.75) is 47.2 Å². The van der Waals surface area contributed by atoms with Crippen LogP contribution in [0.3, 0.4) is 0 Å². The number of amides is 2. The van der Waals surface area contributed by atoms with E-state index in [1.807, 2.05) is 42.5 Å². The minimum Gasteiger partial charge on any atom is -0.491 e. The second kappa shape index (κ2) is 11.7. The number of nitrogens with zero attached hydrogens (tertiary/aromatic N) is 3. The average molecular weight is 558 g/mol. The number of nitrogens with two attached hydrogens (primary N) is 1. The van der Waals surface area contributed by atoms with E-state index in [-0.39, 0.29) is 0 Å². The predicted octanol–water partition coefficient (Wildman–Crippen LogP) is 6.89. The molecule has 0 saturated carbocycles. The highest BCUT2D eigenvalue weighted by molar-refractivity contribution is 6.30. The molecule has 0 unspecified atom stereocenters. The monoisotopic (exact) mass is 557 g/mol. The number of hydrogen-bond donors (Lipinski definition) is 2. The van der Waals surface area contributed by atoms with E-state index in [4.69, 9.17) is 27.2 Å². The molecule has 4 aromatic rings. The van der Waals surface area contributed by atoms with Crippen molar-refractivity contribution in [3.05, 3.63) is 93.6 Å². The summed E-state index contributed by atoms with van der Waals surface area (Å²) in [5.74, 6) is 1.21. The number of benzene rings is 3. The Kier molecular flexibility index (Phi) is 8.14. The van der Waals surface area contributed by atoms with Crippen molar-refractivity contribution in [1.82, 2.24) is 14.7 Å². The van der Waals surface area contributed by atoms with Gasteiger partial charge in [-0.1, -0.05) is 55.8 Å². The summed E-state index contributed by atoms with van der Waals surface area (Å²) >= 11 is 6.33. The third-order valence-corrected chi connectivity index (χ3v) is 7.46. The molecule has 5 rings (SSSR count). The first-order chi connectivity index (χ1) is 19.2. The van der Waals surface area contributed by atoms with E-state index in [1.165, 1.54) is 16.7 Å². The summed E-state index contributed by atoms with van der Waals surface area (Å²) in [5, 5.41) is 8.60. The van der Waals surface area contributed by atoms with E-state index >= 15 is 0 Å². The van der Waals surface area contributed by atoms with E-state index in [2.05, 4.69) is 60.8 Å². The Balaban J connectivity index is 1.60. The molecule has 3 N–H and O–H groups in total. The van der Waals surface area contributed by atoms with Gasteiger partial charge < -0.3 is 15.8 Å². The van der Waals surface area contributed by atoms with Crippen molar-refractivity contribution in [2.24, 2.45) is 11.7 Å². The lowest BCUT2D eigenvalue weighted by molar-refractivity contribution is 0.244. The van der Waals surface area contributed by atoms with Gasteiger partial charge in [-0.25, -0.2) is 9.48 Å². The van der Waals surface area contributed by atoms with Crippen molar-refractivity contribution in [2.75, 3.05) is 18.5 Å². The van der Waals surface area contributed by atoms with E-state index in [0.717, 1.165) is 65.0 Å². The van der Waals surface area contributed by atoms with Crippen molar-refractivity contribution in [3.8, 4) is 22.7 Å². The fourth-order valence-electron chi connectivity index (χ4n) is 5.20. The van der Waals surface area contributed by atoms with Crippen LogP contribution in [0.4, 0.5) is 10.5 Å². The summed E-state index contributed by atoms with van der Waals surface area (Å²) in [6, 6.07) is 19.4. The van der Waals surface area contributed by atoms with Crippen LogP contribution in [0, 0.1) is 19.8 Å². The number of hydrogen-bond acceptors (Lipinski definition) is 4. The number of aromatic nitrogens is 2. The highest BCUT2D eigenvalue weighted by Crippen LogP contribution is 2.37. The number of anilines is 1. The topological polar surface area (TPSA) is 85.4 Å². The Morgan fingerprint density at radius 2 is 1.88 bits per heavy atom. The molecule has 0 radical (unpaired) electrons. The number of aryl methyl sites for hydroxylation is 2. The average Bonchev–Trinajstić information content (AvgIpc) is 3.28. The van der Waals surface area contributed by atoms with Crippen LogP contribution in [0.25, 0.3) is 16.9 Å². The Hall–Kier alpha value is -3.81. The zero-order valence-electron chi connectivity index (χ0n) is 23.5. The van der Waals surface area contributed by atoms with E-state index in [0.29, 0.717) is 18.2 Å². The van der Waals surface area contributed by atoms with Gasteiger partial charge in [0.25, 0.3) is 0 Å². The Morgan fingerprint density at radius 1 is 1.10 bits per heavy atom. The predicted molar refractivity (Wildman–Crippen MR) is 161 cm³/mol. The molecule has 40 heavy (non-hydrogen) atoms. The zero-order valence-corrected chi connectivity index (χ0v) is 24.3. The van der Waals surface area contributed by atoms with Gasteiger partial charge in [0.05, 0.1) is 18.0 Å². The van der Waals surface area contributed by atoms with Crippen LogP contribution in [-0.2, 0) is 19.5 Å². The van der Waals surface area contributed by atoms with E-state index in [9.17, 15) is 4.79 Å². The van der Waals surface area contributed by atoms with Crippen molar-refractivity contribution in [3.63, 3.8) is 0 Å². The van der Waals surface area contributed by atoms with Crippen LogP contribution in [0.2, 0.25) is 5.02 Å². The quantitative estimate of drug-likeness (QED) is 0.247. The SMILES string of the molecule is Cc1ccc(Cl)cc1CN1CCc2nn(-c3c(C)cccc3OCC(C)C)c(-c3ccc(NC(N)=O)cc3)c2C1. The van der Waals surface area contributed by atoms with Crippen molar-refractivity contribution in [1.29, 1.82) is 0 Å². The lowest BCUT2D eigenvalue weighted by Gasteiger charge is -2.27. The van der Waals surface area contributed by atoms with Crippen LogP contribution in [0.15, 0.2) is 60.7 Å². The highest BCUT2D eigenvalue weighted by Gasteiger charge is 2.28. The minimum atomic E-state index is -0.589.